The van der Waals surface area contributed by atoms with Crippen LogP contribution in [0, 0.1) is 0 Å². The number of anilines is 1. The summed E-state index contributed by atoms with van der Waals surface area (Å²) >= 11 is 0. The highest BCUT2D eigenvalue weighted by molar-refractivity contribution is 6.21. The molecule has 0 aromatic heterocycles. The summed E-state index contributed by atoms with van der Waals surface area (Å²) in [5, 5.41) is 3.20. The molecule has 0 saturated heterocycles. The van der Waals surface area contributed by atoms with Crippen molar-refractivity contribution in [2.45, 2.75) is 12.8 Å². The highest BCUT2D eigenvalue weighted by Crippen LogP contribution is 2.26. The summed E-state index contributed by atoms with van der Waals surface area (Å²) in [6, 6.07) is 10.9. The summed E-state index contributed by atoms with van der Waals surface area (Å²) in [6.45, 7) is 0. The first kappa shape index (κ1) is 15.1. The number of hydrogen-bond donors (Lipinski definition) is 1. The highest BCUT2D eigenvalue weighted by Gasteiger charge is 2.38. The molecule has 0 fully saturated rings. The van der Waals surface area contributed by atoms with Crippen molar-refractivity contribution in [1.29, 1.82) is 0 Å². The number of nitrogens with one attached hydrogen (secondary N) is 1. The lowest BCUT2D eigenvalue weighted by Gasteiger charge is -2.18. The Kier molecular flexibility index (Phi) is 3.35. The number of fused-ring (bicyclic) bond motifs is 2. The maximum atomic E-state index is 12.3. The van der Waals surface area contributed by atoms with Crippen LogP contribution < -0.4 is 5.32 Å². The van der Waals surface area contributed by atoms with Crippen LogP contribution in [0.15, 0.2) is 42.5 Å². The largest absolute Gasteiger partial charge is 0.363 e. The van der Waals surface area contributed by atoms with Crippen molar-refractivity contribution in [3.05, 3.63) is 64.7 Å². The Hall–Kier alpha value is -3.48. The lowest BCUT2D eigenvalue weighted by Crippen LogP contribution is -2.32. The SMILES string of the molecule is O=C1CCc2cc(C(=O)ON3C(=O)c4ccccc4C3=O)ccc2N1. The highest BCUT2D eigenvalue weighted by atomic mass is 16.7. The van der Waals surface area contributed by atoms with Crippen LogP contribution in [-0.4, -0.2) is 28.8 Å². The second-order valence-corrected chi connectivity index (χ2v) is 5.75. The first-order valence-corrected chi connectivity index (χ1v) is 7.67. The fourth-order valence-electron chi connectivity index (χ4n) is 2.90. The van der Waals surface area contributed by atoms with Crippen LogP contribution in [0.4, 0.5) is 5.69 Å². The van der Waals surface area contributed by atoms with Crippen LogP contribution in [0.3, 0.4) is 0 Å². The van der Waals surface area contributed by atoms with E-state index >= 15 is 0 Å². The normalized spacial score (nSPS) is 15.5. The standard InChI is InChI=1S/C18H12N2O5/c21-15-8-6-10-9-11(5-7-14(10)19-15)18(24)25-20-16(22)12-3-1-2-4-13(12)17(20)23/h1-5,7,9H,6,8H2,(H,19,21). The zero-order chi connectivity index (χ0) is 17.6. The summed E-state index contributed by atoms with van der Waals surface area (Å²) in [7, 11) is 0. The molecule has 7 heteroatoms. The number of nitrogens with zero attached hydrogens (tertiary/aromatic N) is 1. The summed E-state index contributed by atoms with van der Waals surface area (Å²) in [5.41, 5.74) is 2.05. The molecular formula is C18H12N2O5. The number of rotatable bonds is 2. The van der Waals surface area contributed by atoms with Crippen molar-refractivity contribution >= 4 is 29.4 Å². The lowest BCUT2D eigenvalue weighted by molar-refractivity contribution is -0.116. The summed E-state index contributed by atoms with van der Waals surface area (Å²) in [5.74, 6) is -2.22. The van der Waals surface area contributed by atoms with Crippen molar-refractivity contribution in [3.8, 4) is 0 Å². The minimum absolute atomic E-state index is 0.0751. The Bertz CT molecular complexity index is 915. The molecule has 2 aromatic carbocycles. The Morgan fingerprint density at radius 2 is 1.64 bits per heavy atom. The molecule has 0 aliphatic carbocycles. The molecule has 7 nitrogen and oxygen atoms in total. The van der Waals surface area contributed by atoms with Gasteiger partial charge in [-0.3, -0.25) is 14.4 Å². The minimum Gasteiger partial charge on any atom is -0.326 e. The molecule has 0 unspecified atom stereocenters. The van der Waals surface area contributed by atoms with E-state index in [0.717, 1.165) is 5.56 Å². The van der Waals surface area contributed by atoms with Gasteiger partial charge in [0, 0.05) is 12.1 Å². The van der Waals surface area contributed by atoms with Gasteiger partial charge in [-0.1, -0.05) is 17.2 Å². The predicted octanol–water partition coefficient (Wildman–Crippen LogP) is 1.94. The molecule has 0 spiro atoms. The molecule has 2 heterocycles. The van der Waals surface area contributed by atoms with E-state index in [1.54, 1.807) is 24.3 Å². The second-order valence-electron chi connectivity index (χ2n) is 5.75. The first-order chi connectivity index (χ1) is 12.0. The number of imide groups is 1. The van der Waals surface area contributed by atoms with E-state index in [1.165, 1.54) is 18.2 Å². The molecule has 2 aliphatic rings. The minimum atomic E-state index is -0.811. The molecule has 0 saturated carbocycles. The van der Waals surface area contributed by atoms with Gasteiger partial charge in [0.15, 0.2) is 0 Å². The van der Waals surface area contributed by atoms with Crippen LogP contribution in [0.5, 0.6) is 0 Å². The quantitative estimate of drug-likeness (QED) is 0.846. The fourth-order valence-corrected chi connectivity index (χ4v) is 2.90. The monoisotopic (exact) mass is 336 g/mol. The number of hydroxylamine groups is 2. The molecule has 2 aromatic rings. The van der Waals surface area contributed by atoms with Crippen molar-refractivity contribution in [2.24, 2.45) is 0 Å². The van der Waals surface area contributed by atoms with Gasteiger partial charge in [-0.15, -0.1) is 0 Å². The van der Waals surface area contributed by atoms with Crippen LogP contribution in [-0.2, 0) is 16.1 Å². The fraction of sp³-hybridized carbons (Fsp3) is 0.111. The Morgan fingerprint density at radius 3 is 2.32 bits per heavy atom. The van der Waals surface area contributed by atoms with Gasteiger partial charge in [0.2, 0.25) is 5.91 Å². The van der Waals surface area contributed by atoms with Gasteiger partial charge < -0.3 is 10.2 Å². The van der Waals surface area contributed by atoms with Gasteiger partial charge >= 0.3 is 5.97 Å². The average Bonchev–Trinajstić information content (AvgIpc) is 2.86. The smallest absolute Gasteiger partial charge is 0.326 e. The molecule has 2 aliphatic heterocycles. The molecule has 1 N–H and O–H groups in total. The van der Waals surface area contributed by atoms with Crippen LogP contribution in [0.2, 0.25) is 0 Å². The van der Waals surface area contributed by atoms with Gasteiger partial charge in [-0.05, 0) is 42.3 Å². The van der Waals surface area contributed by atoms with E-state index in [-0.39, 0.29) is 22.6 Å². The number of carbonyl (C=O) groups is 4. The maximum absolute atomic E-state index is 12.3. The number of carbonyl (C=O) groups excluding carboxylic acids is 4. The van der Waals surface area contributed by atoms with Crippen molar-refractivity contribution in [2.75, 3.05) is 5.32 Å². The van der Waals surface area contributed by atoms with E-state index < -0.39 is 17.8 Å². The molecule has 0 radical (unpaired) electrons. The Morgan fingerprint density at radius 1 is 0.960 bits per heavy atom. The number of hydrogen-bond acceptors (Lipinski definition) is 5. The van der Waals surface area contributed by atoms with Gasteiger partial charge in [-0.25, -0.2) is 4.79 Å². The molecular weight excluding hydrogens is 324 g/mol. The number of amides is 3. The van der Waals surface area contributed by atoms with E-state index in [2.05, 4.69) is 5.32 Å². The first-order valence-electron chi connectivity index (χ1n) is 7.67. The third-order valence-corrected chi connectivity index (χ3v) is 4.17. The average molecular weight is 336 g/mol. The summed E-state index contributed by atoms with van der Waals surface area (Å²) in [6.07, 6.45) is 0.846. The molecule has 0 bridgehead atoms. The van der Waals surface area contributed by atoms with Gasteiger partial charge in [0.05, 0.1) is 16.7 Å². The van der Waals surface area contributed by atoms with E-state index in [9.17, 15) is 19.2 Å². The lowest BCUT2D eigenvalue weighted by atomic mass is 10.0. The maximum Gasteiger partial charge on any atom is 0.363 e. The molecule has 25 heavy (non-hydrogen) atoms. The zero-order valence-corrected chi connectivity index (χ0v) is 12.9. The molecule has 0 atom stereocenters. The number of benzene rings is 2. The molecule has 4 rings (SSSR count). The van der Waals surface area contributed by atoms with Gasteiger partial charge in [-0.2, -0.15) is 0 Å². The second kappa shape index (κ2) is 5.55. The predicted molar refractivity (Wildman–Crippen MR) is 85.8 cm³/mol. The van der Waals surface area contributed by atoms with E-state index in [4.69, 9.17) is 4.84 Å². The van der Waals surface area contributed by atoms with E-state index in [1.807, 2.05) is 0 Å². The Balaban J connectivity index is 1.56. The third-order valence-electron chi connectivity index (χ3n) is 4.17. The third kappa shape index (κ3) is 2.46. The van der Waals surface area contributed by atoms with Crippen LogP contribution >= 0.6 is 0 Å². The molecule has 3 amide bonds. The Labute approximate surface area is 142 Å². The molecule has 124 valence electrons. The van der Waals surface area contributed by atoms with Crippen molar-refractivity contribution < 1.29 is 24.0 Å². The van der Waals surface area contributed by atoms with Crippen molar-refractivity contribution in [3.63, 3.8) is 0 Å². The van der Waals surface area contributed by atoms with Crippen molar-refractivity contribution in [1.82, 2.24) is 5.06 Å². The van der Waals surface area contributed by atoms with Gasteiger partial charge in [0.1, 0.15) is 0 Å². The van der Waals surface area contributed by atoms with Crippen LogP contribution in [0.25, 0.3) is 0 Å². The summed E-state index contributed by atoms with van der Waals surface area (Å²) in [4.78, 5) is 53.2. The van der Waals surface area contributed by atoms with Crippen LogP contribution in [0.1, 0.15) is 43.1 Å². The van der Waals surface area contributed by atoms with Gasteiger partial charge in [0.25, 0.3) is 11.8 Å². The topological polar surface area (TPSA) is 92.8 Å². The zero-order valence-electron chi connectivity index (χ0n) is 12.9. The number of aryl methyl sites for hydroxylation is 1. The van der Waals surface area contributed by atoms with E-state index in [0.29, 0.717) is 23.6 Å². The summed E-state index contributed by atoms with van der Waals surface area (Å²) < 4.78 is 0.